The van der Waals surface area contributed by atoms with Crippen LogP contribution in [0.15, 0.2) is 54.0 Å². The first-order valence-corrected chi connectivity index (χ1v) is 9.68. The molecular weight excluding hydrogens is 328 g/mol. The van der Waals surface area contributed by atoms with E-state index in [2.05, 4.69) is 24.3 Å². The van der Waals surface area contributed by atoms with Gasteiger partial charge in [-0.05, 0) is 57.2 Å². The molecule has 3 aliphatic heterocycles. The molecule has 0 amide bonds. The lowest BCUT2D eigenvalue weighted by Crippen LogP contribution is -2.59. The molecule has 0 radical (unpaired) electrons. The number of rotatable bonds is 3. The highest BCUT2D eigenvalue weighted by atomic mass is 16.6. The number of hydrogen-bond acceptors (Lipinski definition) is 4. The van der Waals surface area contributed by atoms with Gasteiger partial charge < -0.3 is 18.9 Å². The first kappa shape index (κ1) is 17.6. The highest BCUT2D eigenvalue weighted by molar-refractivity contribution is 5.14. The molecule has 0 aliphatic carbocycles. The molecule has 0 aromatic heterocycles. The minimum absolute atomic E-state index is 0.0488. The fourth-order valence-electron chi connectivity index (χ4n) is 4.12. The van der Waals surface area contributed by atoms with Gasteiger partial charge in [-0.2, -0.15) is 0 Å². The van der Waals surface area contributed by atoms with Gasteiger partial charge in [0.15, 0.2) is 12.2 Å². The fourth-order valence-corrected chi connectivity index (χ4v) is 4.12. The van der Waals surface area contributed by atoms with Crippen LogP contribution in [0.3, 0.4) is 0 Å². The van der Waals surface area contributed by atoms with Crippen molar-refractivity contribution in [1.82, 2.24) is 0 Å². The van der Waals surface area contributed by atoms with Gasteiger partial charge >= 0.3 is 0 Å². The molecule has 4 rings (SSSR count). The number of fused-ring (bicyclic) bond motifs is 2. The highest BCUT2D eigenvalue weighted by Gasteiger charge is 2.49. The Labute approximate surface area is 155 Å². The Bertz CT molecular complexity index is 630. The van der Waals surface area contributed by atoms with Crippen molar-refractivity contribution in [3.63, 3.8) is 0 Å². The van der Waals surface area contributed by atoms with E-state index in [4.69, 9.17) is 18.9 Å². The molecule has 3 aliphatic rings. The Morgan fingerprint density at radius 1 is 0.885 bits per heavy atom. The van der Waals surface area contributed by atoms with E-state index in [0.717, 1.165) is 42.8 Å². The second-order valence-electron chi connectivity index (χ2n) is 7.42. The van der Waals surface area contributed by atoms with Gasteiger partial charge in [-0.1, -0.05) is 30.3 Å². The van der Waals surface area contributed by atoms with Crippen LogP contribution < -0.4 is 0 Å². The summed E-state index contributed by atoms with van der Waals surface area (Å²) >= 11 is 0. The molecule has 26 heavy (non-hydrogen) atoms. The number of allylic oxidation sites excluding steroid dienone is 4. The van der Waals surface area contributed by atoms with E-state index in [0.29, 0.717) is 6.61 Å². The Kier molecular flexibility index (Phi) is 5.32. The van der Waals surface area contributed by atoms with E-state index < -0.39 is 0 Å². The molecule has 1 fully saturated rings. The van der Waals surface area contributed by atoms with Crippen molar-refractivity contribution in [2.45, 2.75) is 76.7 Å². The number of hydrogen-bond donors (Lipinski definition) is 0. The molecule has 5 atom stereocenters. The third-order valence-electron chi connectivity index (χ3n) is 5.43. The molecular formula is C22H28O4. The summed E-state index contributed by atoms with van der Waals surface area (Å²) < 4.78 is 25.4. The summed E-state index contributed by atoms with van der Waals surface area (Å²) in [5.74, 6) is 1.91. The van der Waals surface area contributed by atoms with Crippen LogP contribution >= 0.6 is 0 Å². The van der Waals surface area contributed by atoms with Crippen LogP contribution in [0.1, 0.15) is 45.1 Å². The van der Waals surface area contributed by atoms with Crippen LogP contribution in [-0.4, -0.2) is 30.5 Å². The van der Waals surface area contributed by atoms with Crippen LogP contribution in [0.4, 0.5) is 0 Å². The number of benzene rings is 1. The summed E-state index contributed by atoms with van der Waals surface area (Å²) in [6.07, 6.45) is 7.86. The van der Waals surface area contributed by atoms with Crippen molar-refractivity contribution in [3.8, 4) is 0 Å². The largest absolute Gasteiger partial charge is 0.490 e. The van der Waals surface area contributed by atoms with Crippen molar-refractivity contribution >= 4 is 0 Å². The maximum absolute atomic E-state index is 6.44. The van der Waals surface area contributed by atoms with Gasteiger partial charge in [0, 0.05) is 0 Å². The topological polar surface area (TPSA) is 36.9 Å². The smallest absolute Gasteiger partial charge is 0.154 e. The van der Waals surface area contributed by atoms with E-state index in [-0.39, 0.29) is 30.5 Å². The maximum Gasteiger partial charge on any atom is 0.154 e. The van der Waals surface area contributed by atoms with Crippen LogP contribution in [-0.2, 0) is 25.6 Å². The van der Waals surface area contributed by atoms with Gasteiger partial charge in [-0.3, -0.25) is 0 Å². The standard InChI is InChI=1S/C22H28O4/c1-15-8-6-12-18-20(24-15)22(23-14-17-10-4-3-5-11-17)21-19(26-18)13-7-9-16(2)25-21/h3-5,8-11,18-22H,6-7,12-14H2,1-2H3/t18-,19+,20-,21+,22?. The summed E-state index contributed by atoms with van der Waals surface area (Å²) in [6.45, 7) is 4.58. The average molecular weight is 356 g/mol. The van der Waals surface area contributed by atoms with E-state index in [1.165, 1.54) is 0 Å². The van der Waals surface area contributed by atoms with E-state index in [9.17, 15) is 0 Å². The van der Waals surface area contributed by atoms with Gasteiger partial charge in [0.1, 0.15) is 6.10 Å². The first-order chi connectivity index (χ1) is 12.7. The minimum atomic E-state index is -0.151. The van der Waals surface area contributed by atoms with Crippen LogP contribution in [0.2, 0.25) is 0 Å². The molecule has 4 nitrogen and oxygen atoms in total. The monoisotopic (exact) mass is 356 g/mol. The molecule has 1 saturated heterocycles. The van der Waals surface area contributed by atoms with Crippen LogP contribution in [0, 0.1) is 0 Å². The normalized spacial score (nSPS) is 34.0. The number of ether oxygens (including phenoxy) is 4. The molecule has 0 spiro atoms. The second kappa shape index (κ2) is 7.85. The Balaban J connectivity index is 1.58. The zero-order valence-electron chi connectivity index (χ0n) is 15.6. The molecule has 1 aromatic rings. The van der Waals surface area contributed by atoms with Crippen molar-refractivity contribution in [2.75, 3.05) is 0 Å². The predicted molar refractivity (Wildman–Crippen MR) is 99.4 cm³/mol. The zero-order chi connectivity index (χ0) is 17.9. The quantitative estimate of drug-likeness (QED) is 0.799. The summed E-state index contributed by atoms with van der Waals surface area (Å²) in [5.41, 5.74) is 1.16. The predicted octanol–water partition coefficient (Wildman–Crippen LogP) is 4.50. The highest BCUT2D eigenvalue weighted by Crippen LogP contribution is 2.37. The van der Waals surface area contributed by atoms with Crippen LogP contribution in [0.5, 0.6) is 0 Å². The molecule has 0 N–H and O–H groups in total. The summed E-state index contributed by atoms with van der Waals surface area (Å²) in [6, 6.07) is 10.3. The lowest BCUT2D eigenvalue weighted by atomic mass is 9.90. The van der Waals surface area contributed by atoms with Crippen molar-refractivity contribution < 1.29 is 18.9 Å². The van der Waals surface area contributed by atoms with E-state index in [1.54, 1.807) is 0 Å². The molecule has 0 saturated carbocycles. The van der Waals surface area contributed by atoms with Gasteiger partial charge in [0.25, 0.3) is 0 Å². The zero-order valence-corrected chi connectivity index (χ0v) is 15.6. The minimum Gasteiger partial charge on any atom is -0.490 e. The van der Waals surface area contributed by atoms with Gasteiger partial charge in [0.05, 0.1) is 30.3 Å². The third kappa shape index (κ3) is 3.81. The Morgan fingerprint density at radius 3 is 2.04 bits per heavy atom. The van der Waals surface area contributed by atoms with E-state index in [1.807, 2.05) is 32.0 Å². The van der Waals surface area contributed by atoms with Crippen molar-refractivity contribution in [3.05, 3.63) is 59.6 Å². The summed E-state index contributed by atoms with van der Waals surface area (Å²) in [4.78, 5) is 0. The summed E-state index contributed by atoms with van der Waals surface area (Å²) in [7, 11) is 0. The average Bonchev–Trinajstić information content (AvgIpc) is 2.94. The Morgan fingerprint density at radius 2 is 1.46 bits per heavy atom. The van der Waals surface area contributed by atoms with Gasteiger partial charge in [-0.25, -0.2) is 0 Å². The lowest BCUT2D eigenvalue weighted by Gasteiger charge is -2.45. The molecule has 4 heteroatoms. The lowest BCUT2D eigenvalue weighted by molar-refractivity contribution is -0.244. The third-order valence-corrected chi connectivity index (χ3v) is 5.43. The van der Waals surface area contributed by atoms with Gasteiger partial charge in [0.2, 0.25) is 0 Å². The van der Waals surface area contributed by atoms with Crippen molar-refractivity contribution in [2.24, 2.45) is 0 Å². The molecule has 3 heterocycles. The fraction of sp³-hybridized carbons (Fsp3) is 0.545. The van der Waals surface area contributed by atoms with Gasteiger partial charge in [-0.15, -0.1) is 0 Å². The molecule has 1 aromatic carbocycles. The van der Waals surface area contributed by atoms with E-state index >= 15 is 0 Å². The first-order valence-electron chi connectivity index (χ1n) is 9.68. The SMILES string of the molecule is CC1=CCC[C@@H]2O[C@@H]3CCC=C(C)O[C@H]3C(OCc3ccccc3)[C@H]2O1. The molecule has 1 unspecified atom stereocenters. The van der Waals surface area contributed by atoms with Crippen molar-refractivity contribution in [1.29, 1.82) is 0 Å². The molecule has 0 bridgehead atoms. The summed E-state index contributed by atoms with van der Waals surface area (Å²) in [5, 5.41) is 0. The molecule has 140 valence electrons. The Hall–Kier alpha value is -1.78. The second-order valence-corrected chi connectivity index (χ2v) is 7.42. The van der Waals surface area contributed by atoms with Crippen LogP contribution in [0.25, 0.3) is 0 Å². The maximum atomic E-state index is 6.44.